The van der Waals surface area contributed by atoms with Gasteiger partial charge in [-0.05, 0) is 32.0 Å². The van der Waals surface area contributed by atoms with Gasteiger partial charge in [-0.15, -0.1) is 11.3 Å². The third kappa shape index (κ3) is 3.75. The molecule has 1 saturated heterocycles. The lowest BCUT2D eigenvalue weighted by atomic mass is 9.94. The van der Waals surface area contributed by atoms with Crippen molar-refractivity contribution in [3.63, 3.8) is 0 Å². The number of rotatable bonds is 5. The predicted octanol–water partition coefficient (Wildman–Crippen LogP) is 1.85. The van der Waals surface area contributed by atoms with Crippen molar-refractivity contribution in [1.29, 1.82) is 0 Å². The summed E-state index contributed by atoms with van der Waals surface area (Å²) in [7, 11) is 0. The second kappa shape index (κ2) is 6.93. The van der Waals surface area contributed by atoms with Gasteiger partial charge in [0.05, 0.1) is 12.3 Å². The number of nitrogens with zero attached hydrogens (tertiary/aromatic N) is 4. The SMILES string of the molecule is OCCN1CCC(c2csc(Nc3ncccn3)n2)CC1. The zero-order valence-corrected chi connectivity index (χ0v) is 12.6. The van der Waals surface area contributed by atoms with Gasteiger partial charge in [0.25, 0.3) is 0 Å². The maximum absolute atomic E-state index is 8.97. The summed E-state index contributed by atoms with van der Waals surface area (Å²) >= 11 is 1.59. The maximum atomic E-state index is 8.97. The summed E-state index contributed by atoms with van der Waals surface area (Å²) in [5.41, 5.74) is 1.15. The van der Waals surface area contributed by atoms with Crippen LogP contribution in [0.5, 0.6) is 0 Å². The first-order valence-electron chi connectivity index (χ1n) is 7.18. The number of piperidine rings is 1. The summed E-state index contributed by atoms with van der Waals surface area (Å²) in [6.45, 7) is 3.09. The molecule has 2 N–H and O–H groups in total. The summed E-state index contributed by atoms with van der Waals surface area (Å²) in [5, 5.41) is 15.1. The minimum atomic E-state index is 0.243. The molecule has 6 nitrogen and oxygen atoms in total. The standard InChI is InChI=1S/C14H19N5OS/c20-9-8-19-6-2-11(3-7-19)12-10-21-14(17-12)18-13-15-4-1-5-16-13/h1,4-5,10-11,20H,2-3,6-9H2,(H,15,16,17,18). The number of anilines is 2. The summed E-state index contributed by atoms with van der Waals surface area (Å²) in [6.07, 6.45) is 5.62. The van der Waals surface area contributed by atoms with Crippen LogP contribution in [-0.2, 0) is 0 Å². The van der Waals surface area contributed by atoms with Crippen LogP contribution >= 0.6 is 11.3 Å². The molecule has 0 aliphatic carbocycles. The Bertz CT molecular complexity index is 554. The van der Waals surface area contributed by atoms with E-state index in [1.807, 2.05) is 0 Å². The van der Waals surface area contributed by atoms with Crippen LogP contribution in [-0.4, -0.2) is 51.2 Å². The number of nitrogens with one attached hydrogen (secondary N) is 1. The van der Waals surface area contributed by atoms with Crippen molar-refractivity contribution in [2.45, 2.75) is 18.8 Å². The van der Waals surface area contributed by atoms with Gasteiger partial charge in [-0.2, -0.15) is 0 Å². The number of aliphatic hydroxyl groups excluding tert-OH is 1. The second-order valence-corrected chi connectivity index (χ2v) is 5.97. The Hall–Kier alpha value is -1.57. The van der Waals surface area contributed by atoms with Gasteiger partial charge < -0.3 is 15.3 Å². The van der Waals surface area contributed by atoms with Crippen LogP contribution in [0.1, 0.15) is 24.5 Å². The van der Waals surface area contributed by atoms with Gasteiger partial charge in [0.1, 0.15) is 0 Å². The number of β-amino-alcohol motifs (C(OH)–C–C–N with tert-alkyl or cyclic N) is 1. The fourth-order valence-corrected chi connectivity index (χ4v) is 3.37. The summed E-state index contributed by atoms with van der Waals surface area (Å²) in [4.78, 5) is 15.2. The maximum Gasteiger partial charge on any atom is 0.228 e. The third-order valence-corrected chi connectivity index (χ3v) is 4.50. The minimum absolute atomic E-state index is 0.243. The van der Waals surface area contributed by atoms with Crippen molar-refractivity contribution in [3.05, 3.63) is 29.5 Å². The highest BCUT2D eigenvalue weighted by molar-refractivity contribution is 7.13. The minimum Gasteiger partial charge on any atom is -0.395 e. The highest BCUT2D eigenvalue weighted by atomic mass is 32.1. The molecule has 0 radical (unpaired) electrons. The van der Waals surface area contributed by atoms with Crippen LogP contribution in [0.15, 0.2) is 23.8 Å². The molecule has 3 rings (SSSR count). The molecular formula is C14H19N5OS. The van der Waals surface area contributed by atoms with Gasteiger partial charge in [0.15, 0.2) is 5.13 Å². The molecule has 0 unspecified atom stereocenters. The van der Waals surface area contributed by atoms with E-state index in [4.69, 9.17) is 5.11 Å². The van der Waals surface area contributed by atoms with Crippen molar-refractivity contribution in [2.24, 2.45) is 0 Å². The smallest absolute Gasteiger partial charge is 0.228 e. The molecule has 3 heterocycles. The molecule has 1 aliphatic heterocycles. The van der Waals surface area contributed by atoms with Crippen LogP contribution in [0.25, 0.3) is 0 Å². The normalized spacial score (nSPS) is 17.0. The molecule has 0 saturated carbocycles. The Morgan fingerprint density at radius 3 is 2.76 bits per heavy atom. The lowest BCUT2D eigenvalue weighted by Crippen LogP contribution is -2.35. The average Bonchev–Trinajstić information content (AvgIpc) is 2.98. The molecule has 1 fully saturated rings. The molecule has 0 aromatic carbocycles. The quantitative estimate of drug-likeness (QED) is 0.878. The molecule has 0 bridgehead atoms. The van der Waals surface area contributed by atoms with E-state index in [1.165, 1.54) is 0 Å². The predicted molar refractivity (Wildman–Crippen MR) is 82.9 cm³/mol. The van der Waals surface area contributed by atoms with E-state index < -0.39 is 0 Å². The van der Waals surface area contributed by atoms with Crippen molar-refractivity contribution in [2.75, 3.05) is 31.6 Å². The fraction of sp³-hybridized carbons (Fsp3) is 0.500. The van der Waals surface area contributed by atoms with Crippen LogP contribution in [0.3, 0.4) is 0 Å². The van der Waals surface area contributed by atoms with E-state index in [1.54, 1.807) is 29.8 Å². The molecule has 21 heavy (non-hydrogen) atoms. The van der Waals surface area contributed by atoms with Crippen LogP contribution < -0.4 is 5.32 Å². The molecule has 2 aromatic rings. The van der Waals surface area contributed by atoms with Crippen molar-refractivity contribution in [3.8, 4) is 0 Å². The molecule has 2 aromatic heterocycles. The van der Waals surface area contributed by atoms with Crippen molar-refractivity contribution in [1.82, 2.24) is 19.9 Å². The lowest BCUT2D eigenvalue weighted by Gasteiger charge is -2.30. The number of hydrogen-bond donors (Lipinski definition) is 2. The number of likely N-dealkylation sites (tertiary alicyclic amines) is 1. The number of thiazole rings is 1. The van der Waals surface area contributed by atoms with E-state index >= 15 is 0 Å². The topological polar surface area (TPSA) is 74.2 Å². The summed E-state index contributed by atoms with van der Waals surface area (Å²) < 4.78 is 0. The molecular weight excluding hydrogens is 286 g/mol. The van der Waals surface area contributed by atoms with E-state index in [-0.39, 0.29) is 6.61 Å². The highest BCUT2D eigenvalue weighted by Gasteiger charge is 2.22. The number of aliphatic hydroxyl groups is 1. The Morgan fingerprint density at radius 1 is 1.29 bits per heavy atom. The highest BCUT2D eigenvalue weighted by Crippen LogP contribution is 2.30. The van der Waals surface area contributed by atoms with Gasteiger partial charge in [0.2, 0.25) is 5.95 Å². The number of aromatic nitrogens is 3. The van der Waals surface area contributed by atoms with Gasteiger partial charge >= 0.3 is 0 Å². The molecule has 0 spiro atoms. The van der Waals surface area contributed by atoms with E-state index in [2.05, 4.69) is 30.5 Å². The first-order valence-corrected chi connectivity index (χ1v) is 8.06. The van der Waals surface area contributed by atoms with Crippen LogP contribution in [0.4, 0.5) is 11.1 Å². The lowest BCUT2D eigenvalue weighted by molar-refractivity contribution is 0.163. The van der Waals surface area contributed by atoms with Crippen molar-refractivity contribution >= 4 is 22.4 Å². The Balaban J connectivity index is 1.58. The van der Waals surface area contributed by atoms with Gasteiger partial charge in [-0.3, -0.25) is 0 Å². The second-order valence-electron chi connectivity index (χ2n) is 5.11. The van der Waals surface area contributed by atoms with Crippen LogP contribution in [0.2, 0.25) is 0 Å². The first-order chi connectivity index (χ1) is 10.3. The molecule has 1 aliphatic rings. The van der Waals surface area contributed by atoms with Crippen LogP contribution in [0, 0.1) is 0 Å². The van der Waals surface area contributed by atoms with E-state index in [0.29, 0.717) is 11.9 Å². The monoisotopic (exact) mass is 305 g/mol. The Morgan fingerprint density at radius 2 is 2.05 bits per heavy atom. The summed E-state index contributed by atoms with van der Waals surface area (Å²) in [5.74, 6) is 1.10. The fourth-order valence-electron chi connectivity index (χ4n) is 2.58. The molecule has 7 heteroatoms. The Labute approximate surface area is 127 Å². The largest absolute Gasteiger partial charge is 0.395 e. The van der Waals surface area contributed by atoms with E-state index in [0.717, 1.165) is 43.3 Å². The van der Waals surface area contributed by atoms with Gasteiger partial charge in [-0.1, -0.05) is 0 Å². The average molecular weight is 305 g/mol. The van der Waals surface area contributed by atoms with Gasteiger partial charge in [-0.25, -0.2) is 15.0 Å². The van der Waals surface area contributed by atoms with E-state index in [9.17, 15) is 0 Å². The first kappa shape index (κ1) is 14.4. The van der Waals surface area contributed by atoms with Gasteiger partial charge in [0, 0.05) is 30.2 Å². The molecule has 112 valence electrons. The Kier molecular flexibility index (Phi) is 4.74. The molecule has 0 amide bonds. The zero-order valence-electron chi connectivity index (χ0n) is 11.8. The third-order valence-electron chi connectivity index (χ3n) is 3.73. The summed E-state index contributed by atoms with van der Waals surface area (Å²) in [6, 6.07) is 1.79. The zero-order chi connectivity index (χ0) is 14.5. The molecule has 0 atom stereocenters. The number of hydrogen-bond acceptors (Lipinski definition) is 7. The van der Waals surface area contributed by atoms with Crippen molar-refractivity contribution < 1.29 is 5.11 Å².